The summed E-state index contributed by atoms with van der Waals surface area (Å²) in [6.45, 7) is 5.63. The minimum absolute atomic E-state index is 0.512. The second-order valence-electron chi connectivity index (χ2n) is 5.21. The minimum Gasteiger partial charge on any atom is -0.368 e. The van der Waals surface area contributed by atoms with E-state index in [9.17, 15) is 0 Å². The zero-order valence-electron chi connectivity index (χ0n) is 9.64. The summed E-state index contributed by atoms with van der Waals surface area (Å²) in [5, 5.41) is 7.61. The highest BCUT2D eigenvalue weighted by Gasteiger charge is 2.45. The van der Waals surface area contributed by atoms with Gasteiger partial charge in [0.2, 0.25) is 0 Å². The number of nitrogens with zero attached hydrogens (tertiary/aromatic N) is 3. The van der Waals surface area contributed by atoms with Crippen LogP contribution in [0.5, 0.6) is 0 Å². The van der Waals surface area contributed by atoms with Crippen LogP contribution in [0.15, 0.2) is 24.7 Å². The lowest BCUT2D eigenvalue weighted by atomic mass is 10.1. The average molecular weight is 216 g/mol. The summed E-state index contributed by atoms with van der Waals surface area (Å²) in [4.78, 5) is 4.35. The predicted octanol–water partition coefficient (Wildman–Crippen LogP) is 2.19. The molecule has 16 heavy (non-hydrogen) atoms. The maximum absolute atomic E-state index is 4.35. The molecule has 1 aliphatic carbocycles. The lowest BCUT2D eigenvalue weighted by Gasteiger charge is -2.07. The maximum Gasteiger partial charge on any atom is 0.152 e. The van der Waals surface area contributed by atoms with Gasteiger partial charge in [0.25, 0.3) is 0 Å². The molecule has 1 fully saturated rings. The van der Waals surface area contributed by atoms with Crippen molar-refractivity contribution in [3.63, 3.8) is 0 Å². The molecule has 0 aliphatic heterocycles. The number of hydrogen-bond donors (Lipinski definition) is 1. The lowest BCUT2D eigenvalue weighted by molar-refractivity contribution is 0.573. The Kier molecular flexibility index (Phi) is 1.93. The minimum atomic E-state index is 0.512. The van der Waals surface area contributed by atoms with Gasteiger partial charge < -0.3 is 5.32 Å². The van der Waals surface area contributed by atoms with E-state index in [0.717, 1.165) is 23.8 Å². The molecule has 4 heteroatoms. The Morgan fingerprint density at radius 2 is 2.31 bits per heavy atom. The van der Waals surface area contributed by atoms with Crippen molar-refractivity contribution in [3.8, 4) is 0 Å². The van der Waals surface area contributed by atoms with Crippen LogP contribution in [0.25, 0.3) is 5.52 Å². The van der Waals surface area contributed by atoms with E-state index in [1.807, 2.05) is 16.8 Å². The van der Waals surface area contributed by atoms with Crippen LogP contribution in [0.1, 0.15) is 20.3 Å². The van der Waals surface area contributed by atoms with Gasteiger partial charge in [-0.25, -0.2) is 9.50 Å². The van der Waals surface area contributed by atoms with Crippen LogP contribution in [0, 0.1) is 11.3 Å². The molecule has 2 aromatic heterocycles. The van der Waals surface area contributed by atoms with Crippen molar-refractivity contribution in [1.82, 2.24) is 14.6 Å². The molecule has 1 unspecified atom stereocenters. The molecule has 4 nitrogen and oxygen atoms in total. The Balaban J connectivity index is 1.77. The standard InChI is InChI=1S/C12H16N4/c1-12(2)7-9(12)8-14-11-10-3-4-15-16(10)6-5-13-11/h3-6,9H,7-8H2,1-2H3,(H,13,14). The van der Waals surface area contributed by atoms with E-state index in [4.69, 9.17) is 0 Å². The summed E-state index contributed by atoms with van der Waals surface area (Å²) in [6.07, 6.45) is 6.74. The zero-order chi connectivity index (χ0) is 11.2. The van der Waals surface area contributed by atoms with E-state index in [1.165, 1.54) is 6.42 Å². The molecule has 1 atom stereocenters. The molecule has 0 spiro atoms. The van der Waals surface area contributed by atoms with Crippen LogP contribution in [-0.4, -0.2) is 21.1 Å². The predicted molar refractivity (Wildman–Crippen MR) is 63.4 cm³/mol. The highest BCUT2D eigenvalue weighted by Crippen LogP contribution is 2.51. The van der Waals surface area contributed by atoms with Crippen LogP contribution in [0.3, 0.4) is 0 Å². The zero-order valence-corrected chi connectivity index (χ0v) is 9.64. The van der Waals surface area contributed by atoms with Gasteiger partial charge in [-0.15, -0.1) is 0 Å². The molecule has 0 aromatic carbocycles. The normalized spacial score (nSPS) is 22.2. The first-order chi connectivity index (χ1) is 7.67. The third kappa shape index (κ3) is 1.54. The fourth-order valence-corrected chi connectivity index (χ4v) is 2.14. The largest absolute Gasteiger partial charge is 0.368 e. The van der Waals surface area contributed by atoms with Gasteiger partial charge in [-0.1, -0.05) is 13.8 Å². The van der Waals surface area contributed by atoms with E-state index >= 15 is 0 Å². The number of rotatable bonds is 3. The second-order valence-corrected chi connectivity index (χ2v) is 5.21. The topological polar surface area (TPSA) is 42.2 Å². The van der Waals surface area contributed by atoms with Crippen molar-refractivity contribution >= 4 is 11.3 Å². The molecule has 0 bridgehead atoms. The van der Waals surface area contributed by atoms with Gasteiger partial charge in [-0.3, -0.25) is 0 Å². The first kappa shape index (κ1) is 9.63. The molecule has 1 aliphatic rings. The Morgan fingerprint density at radius 1 is 1.50 bits per heavy atom. The Hall–Kier alpha value is -1.58. The van der Waals surface area contributed by atoms with Gasteiger partial charge in [-0.05, 0) is 23.8 Å². The maximum atomic E-state index is 4.35. The molecule has 2 aromatic rings. The van der Waals surface area contributed by atoms with Crippen molar-refractivity contribution in [2.24, 2.45) is 11.3 Å². The molecule has 0 saturated heterocycles. The fraction of sp³-hybridized carbons (Fsp3) is 0.500. The van der Waals surface area contributed by atoms with Crippen LogP contribution in [0.2, 0.25) is 0 Å². The quantitative estimate of drug-likeness (QED) is 0.855. The summed E-state index contributed by atoms with van der Waals surface area (Å²) < 4.78 is 1.84. The van der Waals surface area contributed by atoms with E-state index in [2.05, 4.69) is 29.2 Å². The summed E-state index contributed by atoms with van der Waals surface area (Å²) in [5.74, 6) is 1.71. The van der Waals surface area contributed by atoms with Crippen LogP contribution in [-0.2, 0) is 0 Å². The van der Waals surface area contributed by atoms with E-state index in [-0.39, 0.29) is 0 Å². The third-order valence-electron chi connectivity index (χ3n) is 3.56. The fourth-order valence-electron chi connectivity index (χ4n) is 2.14. The van der Waals surface area contributed by atoms with Gasteiger partial charge in [-0.2, -0.15) is 5.10 Å². The molecule has 0 amide bonds. The van der Waals surface area contributed by atoms with Crippen LogP contribution < -0.4 is 5.32 Å². The first-order valence-electron chi connectivity index (χ1n) is 5.69. The summed E-state index contributed by atoms with van der Waals surface area (Å²) >= 11 is 0. The summed E-state index contributed by atoms with van der Waals surface area (Å²) in [5.41, 5.74) is 1.55. The number of fused-ring (bicyclic) bond motifs is 1. The van der Waals surface area contributed by atoms with Crippen LogP contribution in [0.4, 0.5) is 5.82 Å². The summed E-state index contributed by atoms with van der Waals surface area (Å²) in [7, 11) is 0. The Morgan fingerprint density at radius 3 is 3.06 bits per heavy atom. The van der Waals surface area contributed by atoms with Gasteiger partial charge in [0, 0.05) is 18.9 Å². The second kappa shape index (κ2) is 3.20. The number of anilines is 1. The van der Waals surface area contributed by atoms with Gasteiger partial charge in [0.15, 0.2) is 5.82 Å². The molecule has 3 rings (SSSR count). The van der Waals surface area contributed by atoms with E-state index in [1.54, 1.807) is 12.4 Å². The highest BCUT2D eigenvalue weighted by atomic mass is 15.2. The monoisotopic (exact) mass is 216 g/mol. The first-order valence-corrected chi connectivity index (χ1v) is 5.69. The van der Waals surface area contributed by atoms with Crippen molar-refractivity contribution in [1.29, 1.82) is 0 Å². The van der Waals surface area contributed by atoms with Gasteiger partial charge in [0.1, 0.15) is 5.52 Å². The lowest BCUT2D eigenvalue weighted by Crippen LogP contribution is -2.09. The molecule has 0 radical (unpaired) electrons. The van der Waals surface area contributed by atoms with Crippen molar-refractivity contribution < 1.29 is 0 Å². The molecule has 1 N–H and O–H groups in total. The molecular formula is C12H16N4. The SMILES string of the molecule is CC1(C)CC1CNc1nccn2nccc12. The smallest absolute Gasteiger partial charge is 0.152 e. The van der Waals surface area contributed by atoms with E-state index < -0.39 is 0 Å². The van der Waals surface area contributed by atoms with Gasteiger partial charge in [0.05, 0.1) is 6.20 Å². The summed E-state index contributed by atoms with van der Waals surface area (Å²) in [6, 6.07) is 1.98. The highest BCUT2D eigenvalue weighted by molar-refractivity contribution is 5.66. The van der Waals surface area contributed by atoms with Crippen molar-refractivity contribution in [3.05, 3.63) is 24.7 Å². The number of nitrogens with one attached hydrogen (secondary N) is 1. The van der Waals surface area contributed by atoms with Crippen molar-refractivity contribution in [2.45, 2.75) is 20.3 Å². The number of aromatic nitrogens is 3. The average Bonchev–Trinajstić information content (AvgIpc) is 2.68. The van der Waals surface area contributed by atoms with Gasteiger partial charge >= 0.3 is 0 Å². The third-order valence-corrected chi connectivity index (χ3v) is 3.56. The van der Waals surface area contributed by atoms with E-state index in [0.29, 0.717) is 5.41 Å². The number of hydrogen-bond acceptors (Lipinski definition) is 3. The molecule has 2 heterocycles. The van der Waals surface area contributed by atoms with Crippen LogP contribution >= 0.6 is 0 Å². The van der Waals surface area contributed by atoms with Crippen molar-refractivity contribution in [2.75, 3.05) is 11.9 Å². The Labute approximate surface area is 94.7 Å². The molecule has 84 valence electrons. The molecule has 1 saturated carbocycles. The molecular weight excluding hydrogens is 200 g/mol. The Bertz CT molecular complexity index is 514.